The first-order valence-electron chi connectivity index (χ1n) is 13.4. The summed E-state index contributed by atoms with van der Waals surface area (Å²) in [6, 6.07) is 0. The fourth-order valence-electron chi connectivity index (χ4n) is 9.16. The maximum absolute atomic E-state index is 12.8. The Labute approximate surface area is 205 Å². The smallest absolute Gasteiger partial charge is 0.330 e. The van der Waals surface area contributed by atoms with Gasteiger partial charge in [-0.15, -0.1) is 0 Å². The number of hydrogen-bond acceptors (Lipinski definition) is 3. The molecule has 0 aromatic carbocycles. The molecule has 34 heavy (non-hydrogen) atoms. The molecule has 1 N–H and O–H groups in total. The van der Waals surface area contributed by atoms with E-state index >= 15 is 0 Å². The van der Waals surface area contributed by atoms with Gasteiger partial charge in [0.05, 0.1) is 0 Å². The van der Waals surface area contributed by atoms with Crippen molar-refractivity contribution >= 4 is 18.0 Å². The highest BCUT2D eigenvalue weighted by atomic mass is 16.4. The molecule has 4 aliphatic rings. The van der Waals surface area contributed by atoms with Gasteiger partial charge < -0.3 is 9.90 Å². The molecule has 4 aliphatic carbocycles. The van der Waals surface area contributed by atoms with E-state index in [1.807, 2.05) is 0 Å². The van der Waals surface area contributed by atoms with E-state index < -0.39 is 5.97 Å². The molecule has 0 saturated heterocycles. The molecule has 0 aromatic heterocycles. The summed E-state index contributed by atoms with van der Waals surface area (Å²) in [6.07, 6.45) is 12.6. The number of fused-ring (bicyclic) bond motifs is 4. The normalized spacial score (nSPS) is 40.3. The Kier molecular flexibility index (Phi) is 6.31. The highest BCUT2D eigenvalue weighted by Crippen LogP contribution is 2.72. The third-order valence-electron chi connectivity index (χ3n) is 11.5. The molecule has 4 rings (SSSR count). The molecule has 0 spiro atoms. The van der Waals surface area contributed by atoms with Gasteiger partial charge >= 0.3 is 5.97 Å². The van der Waals surface area contributed by atoms with Crippen LogP contribution in [0.25, 0.3) is 0 Å². The molecule has 2 saturated carbocycles. The van der Waals surface area contributed by atoms with Gasteiger partial charge in [-0.1, -0.05) is 51.8 Å². The summed E-state index contributed by atoms with van der Waals surface area (Å²) in [5.74, 6) is 0.305. The zero-order valence-corrected chi connectivity index (χ0v) is 22.1. The van der Waals surface area contributed by atoms with Crippen molar-refractivity contribution in [3.8, 4) is 0 Å². The van der Waals surface area contributed by atoms with Crippen molar-refractivity contribution in [1.29, 1.82) is 0 Å². The van der Waals surface area contributed by atoms with Gasteiger partial charge in [-0.3, -0.25) is 4.79 Å². The second-order valence-corrected chi connectivity index (χ2v) is 13.1. The van der Waals surface area contributed by atoms with Crippen LogP contribution in [0, 0.1) is 39.4 Å². The van der Waals surface area contributed by atoms with Crippen LogP contribution >= 0.6 is 0 Å². The number of carbonyl (C=O) groups is 3. The molecule has 0 radical (unpaired) electrons. The van der Waals surface area contributed by atoms with Crippen molar-refractivity contribution in [1.82, 2.24) is 0 Å². The van der Waals surface area contributed by atoms with E-state index in [-0.39, 0.29) is 27.6 Å². The molecule has 0 heterocycles. The summed E-state index contributed by atoms with van der Waals surface area (Å²) in [5, 5.41) is 9.14. The molecule has 0 aromatic rings. The Morgan fingerprint density at radius 1 is 1.03 bits per heavy atom. The molecule has 188 valence electrons. The SMILES string of the molecule is C/C(=C\CC[C@H](C=O)[C@@H]1CC[C@]2(C)C3=C(CC[C@@]12C)[C@@]1(C)CCC(=O)C(C)(C)[C@@H]1CC3)C(=O)O. The zero-order valence-electron chi connectivity index (χ0n) is 22.1. The largest absolute Gasteiger partial charge is 0.478 e. The fraction of sp³-hybridized carbons (Fsp3) is 0.767. The predicted octanol–water partition coefficient (Wildman–Crippen LogP) is 6.93. The van der Waals surface area contributed by atoms with Crippen LogP contribution in [0.3, 0.4) is 0 Å². The molecule has 2 fully saturated rings. The van der Waals surface area contributed by atoms with E-state index in [0.29, 0.717) is 36.0 Å². The number of carboxylic acids is 1. The molecule has 0 amide bonds. The van der Waals surface area contributed by atoms with Crippen LogP contribution in [0.15, 0.2) is 22.8 Å². The second-order valence-electron chi connectivity index (χ2n) is 13.1. The van der Waals surface area contributed by atoms with Crippen molar-refractivity contribution in [2.24, 2.45) is 39.4 Å². The van der Waals surface area contributed by atoms with Crippen LogP contribution in [-0.4, -0.2) is 23.1 Å². The molecule has 0 unspecified atom stereocenters. The summed E-state index contributed by atoms with van der Waals surface area (Å²) < 4.78 is 0. The molecular weight excluding hydrogens is 424 g/mol. The highest BCUT2D eigenvalue weighted by molar-refractivity contribution is 5.86. The number of carbonyl (C=O) groups excluding carboxylic acids is 2. The van der Waals surface area contributed by atoms with E-state index in [4.69, 9.17) is 5.11 Å². The average molecular weight is 469 g/mol. The van der Waals surface area contributed by atoms with Crippen molar-refractivity contribution in [3.63, 3.8) is 0 Å². The van der Waals surface area contributed by atoms with E-state index in [1.165, 1.54) is 0 Å². The second kappa shape index (κ2) is 8.45. The van der Waals surface area contributed by atoms with Crippen molar-refractivity contribution in [2.45, 2.75) is 106 Å². The summed E-state index contributed by atoms with van der Waals surface area (Å²) in [4.78, 5) is 36.2. The number of aldehydes is 1. The number of Topliss-reactive ketones (excluding diaryl/α,β-unsaturated/α-hetero) is 1. The summed E-state index contributed by atoms with van der Waals surface area (Å²) >= 11 is 0. The van der Waals surface area contributed by atoms with Crippen LogP contribution in [0.4, 0.5) is 0 Å². The Bertz CT molecular complexity index is 955. The van der Waals surface area contributed by atoms with Gasteiger partial charge in [0.15, 0.2) is 0 Å². The molecule has 0 aliphatic heterocycles. The van der Waals surface area contributed by atoms with Gasteiger partial charge in [-0.05, 0) is 92.8 Å². The quantitative estimate of drug-likeness (QED) is 0.261. The first-order valence-corrected chi connectivity index (χ1v) is 13.4. The van der Waals surface area contributed by atoms with Crippen LogP contribution in [0.2, 0.25) is 0 Å². The van der Waals surface area contributed by atoms with E-state index in [2.05, 4.69) is 34.6 Å². The van der Waals surface area contributed by atoms with Crippen LogP contribution in [-0.2, 0) is 14.4 Å². The molecule has 6 atom stereocenters. The Hall–Kier alpha value is -1.71. The number of ketones is 1. The predicted molar refractivity (Wildman–Crippen MR) is 134 cm³/mol. The summed E-state index contributed by atoms with van der Waals surface area (Å²) in [6.45, 7) is 13.3. The van der Waals surface area contributed by atoms with Gasteiger partial charge in [0.1, 0.15) is 12.1 Å². The average Bonchev–Trinajstić information content (AvgIpc) is 3.05. The standard InChI is InChI=1S/C30H44O4/c1-19(26(33)34)8-7-9-20(18-31)21-12-16-30(6)23-10-11-24-27(2,3)25(32)14-15-28(24,4)22(23)13-17-29(21,30)5/h8,18,20-21,24H,7,9-17H2,1-6H3,(H,33,34)/b19-8+/t20-,21+,24+,28-,29+,30-/m1/s1. The van der Waals surface area contributed by atoms with Crippen molar-refractivity contribution in [3.05, 3.63) is 22.8 Å². The third kappa shape index (κ3) is 3.49. The van der Waals surface area contributed by atoms with Gasteiger partial charge in [0.2, 0.25) is 0 Å². The summed E-state index contributed by atoms with van der Waals surface area (Å²) in [5.41, 5.74) is 3.77. The molecule has 0 bridgehead atoms. The maximum Gasteiger partial charge on any atom is 0.330 e. The summed E-state index contributed by atoms with van der Waals surface area (Å²) in [7, 11) is 0. The first-order chi connectivity index (χ1) is 15.8. The zero-order chi connectivity index (χ0) is 25.1. The monoisotopic (exact) mass is 468 g/mol. The van der Waals surface area contributed by atoms with Crippen LogP contribution in [0.5, 0.6) is 0 Å². The van der Waals surface area contributed by atoms with E-state index in [0.717, 1.165) is 57.7 Å². The number of allylic oxidation sites excluding steroid dienone is 3. The lowest BCUT2D eigenvalue weighted by atomic mass is 9.43. The highest BCUT2D eigenvalue weighted by Gasteiger charge is 2.63. The maximum atomic E-state index is 12.8. The number of rotatable bonds is 6. The minimum absolute atomic E-state index is 0.0232. The van der Waals surface area contributed by atoms with Crippen molar-refractivity contribution in [2.75, 3.05) is 0 Å². The lowest BCUT2D eigenvalue weighted by Gasteiger charge is -2.60. The first kappa shape index (κ1) is 25.4. The van der Waals surface area contributed by atoms with Gasteiger partial charge in [-0.25, -0.2) is 4.79 Å². The minimum Gasteiger partial charge on any atom is -0.478 e. The van der Waals surface area contributed by atoms with Gasteiger partial charge in [0.25, 0.3) is 0 Å². The van der Waals surface area contributed by atoms with Crippen LogP contribution in [0.1, 0.15) is 106 Å². The third-order valence-corrected chi connectivity index (χ3v) is 11.5. The minimum atomic E-state index is -0.883. The fourth-order valence-corrected chi connectivity index (χ4v) is 9.16. The van der Waals surface area contributed by atoms with Gasteiger partial charge in [0, 0.05) is 23.3 Å². The number of carboxylic acid groups (broad SMARTS) is 1. The van der Waals surface area contributed by atoms with Crippen molar-refractivity contribution < 1.29 is 19.5 Å². The molecule has 4 heteroatoms. The number of hydrogen-bond donors (Lipinski definition) is 1. The van der Waals surface area contributed by atoms with E-state index in [9.17, 15) is 14.4 Å². The van der Waals surface area contributed by atoms with E-state index in [1.54, 1.807) is 24.1 Å². The lowest BCUT2D eigenvalue weighted by molar-refractivity contribution is -0.139. The lowest BCUT2D eigenvalue weighted by Crippen LogP contribution is -2.54. The van der Waals surface area contributed by atoms with Gasteiger partial charge in [-0.2, -0.15) is 0 Å². The van der Waals surface area contributed by atoms with Crippen LogP contribution < -0.4 is 0 Å². The Balaban J connectivity index is 1.64. The topological polar surface area (TPSA) is 71.4 Å². The molecule has 4 nitrogen and oxygen atoms in total. The number of aliphatic carboxylic acids is 1. The Morgan fingerprint density at radius 3 is 2.38 bits per heavy atom. The molecular formula is C30H44O4. The Morgan fingerprint density at radius 2 is 1.74 bits per heavy atom.